The van der Waals surface area contributed by atoms with Crippen LogP contribution in [0, 0.1) is 0 Å². The summed E-state index contributed by atoms with van der Waals surface area (Å²) < 4.78 is 0. The van der Waals surface area contributed by atoms with Gasteiger partial charge in [0, 0.05) is 16.7 Å². The van der Waals surface area contributed by atoms with Gasteiger partial charge in [0.1, 0.15) is 0 Å². The largest absolute Gasteiger partial charge is 0.208 e. The molecule has 0 bridgehead atoms. The maximum Gasteiger partial charge on any atom is 0.164 e. The van der Waals surface area contributed by atoms with Gasteiger partial charge >= 0.3 is 0 Å². The molecule has 1 aromatic heterocycles. The first-order valence-corrected chi connectivity index (χ1v) is 19.0. The second kappa shape index (κ2) is 13.1. The molecule has 3 nitrogen and oxygen atoms in total. The highest BCUT2D eigenvalue weighted by atomic mass is 15.0. The van der Waals surface area contributed by atoms with Gasteiger partial charge in [-0.1, -0.05) is 176 Å². The van der Waals surface area contributed by atoms with Crippen LogP contribution in [0.15, 0.2) is 200 Å². The predicted molar refractivity (Wildman–Crippen MR) is 232 cm³/mol. The van der Waals surface area contributed by atoms with E-state index < -0.39 is 0 Å². The number of nitrogens with zero attached hydrogens (tertiary/aromatic N) is 3. The van der Waals surface area contributed by atoms with E-state index in [-0.39, 0.29) is 0 Å². The highest BCUT2D eigenvalue weighted by Gasteiger charge is 2.22. The normalized spacial score (nSPS) is 11.6. The molecule has 0 spiro atoms. The molecular formula is C53H33N3. The lowest BCUT2D eigenvalue weighted by Gasteiger charge is -2.16. The lowest BCUT2D eigenvalue weighted by Crippen LogP contribution is -2.00. The van der Waals surface area contributed by atoms with E-state index in [4.69, 9.17) is 15.0 Å². The van der Waals surface area contributed by atoms with Crippen LogP contribution in [0.3, 0.4) is 0 Å². The van der Waals surface area contributed by atoms with Crippen LogP contribution < -0.4 is 0 Å². The fourth-order valence-electron chi connectivity index (χ4n) is 8.40. The number of rotatable bonds is 6. The fraction of sp³-hybridized carbons (Fsp3) is 0. The first-order valence-electron chi connectivity index (χ1n) is 19.0. The third kappa shape index (κ3) is 5.40. The molecule has 0 unspecified atom stereocenters. The third-order valence-electron chi connectivity index (χ3n) is 11.0. The van der Waals surface area contributed by atoms with E-state index in [0.29, 0.717) is 17.5 Å². The molecule has 260 valence electrons. The van der Waals surface area contributed by atoms with Crippen molar-refractivity contribution in [2.75, 3.05) is 0 Å². The zero-order valence-electron chi connectivity index (χ0n) is 30.4. The van der Waals surface area contributed by atoms with Crippen LogP contribution in [0.2, 0.25) is 0 Å². The summed E-state index contributed by atoms with van der Waals surface area (Å²) in [5, 5.41) is 5.01. The van der Waals surface area contributed by atoms with Crippen LogP contribution in [0.4, 0.5) is 0 Å². The Balaban J connectivity index is 1.06. The van der Waals surface area contributed by atoms with Gasteiger partial charge in [0.25, 0.3) is 0 Å². The second-order valence-corrected chi connectivity index (χ2v) is 14.4. The van der Waals surface area contributed by atoms with Gasteiger partial charge < -0.3 is 0 Å². The molecule has 0 atom stereocenters. The minimum absolute atomic E-state index is 0.637. The summed E-state index contributed by atoms with van der Waals surface area (Å²) in [6.45, 7) is 0. The van der Waals surface area contributed by atoms with Gasteiger partial charge in [0.05, 0.1) is 0 Å². The van der Waals surface area contributed by atoms with Crippen LogP contribution in [0.1, 0.15) is 0 Å². The van der Waals surface area contributed by atoms with Crippen molar-refractivity contribution in [3.05, 3.63) is 200 Å². The number of fused-ring (bicyclic) bond motifs is 4. The van der Waals surface area contributed by atoms with Gasteiger partial charge in [-0.15, -0.1) is 0 Å². The minimum Gasteiger partial charge on any atom is -0.208 e. The molecule has 0 saturated carbocycles. The van der Waals surface area contributed by atoms with Gasteiger partial charge in [0.15, 0.2) is 17.5 Å². The van der Waals surface area contributed by atoms with Crippen LogP contribution in [-0.2, 0) is 0 Å². The van der Waals surface area contributed by atoms with E-state index in [1.807, 2.05) is 60.7 Å². The quantitative estimate of drug-likeness (QED) is 0.172. The first kappa shape index (κ1) is 32.0. The topological polar surface area (TPSA) is 38.7 Å². The Morgan fingerprint density at radius 2 is 0.625 bits per heavy atom. The highest BCUT2D eigenvalue weighted by Crippen LogP contribution is 2.49. The van der Waals surface area contributed by atoms with Crippen LogP contribution in [-0.4, -0.2) is 15.0 Å². The number of benzene rings is 9. The van der Waals surface area contributed by atoms with Gasteiger partial charge in [-0.25, -0.2) is 15.0 Å². The monoisotopic (exact) mass is 711 g/mol. The van der Waals surface area contributed by atoms with Crippen LogP contribution in [0.25, 0.3) is 111 Å². The molecule has 0 fully saturated rings. The standard InChI is InChI=1S/C53H33N3/c1-3-14-34(15-4-1)51-54-52(35-16-5-2-6-17-35)56-53(55-51)41-23-12-22-40(31-41)49-33-37-19-8-7-18-36(37)32-48(49)39-21-11-20-38(30-39)42-28-29-47-44-25-10-9-24-43(44)46-27-13-26-45(42)50(46)47/h1-33H. The average molecular weight is 712 g/mol. The van der Waals surface area contributed by atoms with Crippen molar-refractivity contribution in [1.29, 1.82) is 0 Å². The van der Waals surface area contributed by atoms with E-state index in [9.17, 15) is 0 Å². The summed E-state index contributed by atoms with van der Waals surface area (Å²) in [6, 6.07) is 71.3. The van der Waals surface area contributed by atoms with Crippen molar-refractivity contribution in [3.8, 4) is 89.8 Å². The molecule has 10 aromatic rings. The Morgan fingerprint density at radius 3 is 1.21 bits per heavy atom. The number of hydrogen-bond acceptors (Lipinski definition) is 3. The summed E-state index contributed by atoms with van der Waals surface area (Å²) >= 11 is 0. The first-order chi connectivity index (χ1) is 27.7. The van der Waals surface area contributed by atoms with Crippen LogP contribution >= 0.6 is 0 Å². The summed E-state index contributed by atoms with van der Waals surface area (Å²) in [7, 11) is 0. The van der Waals surface area contributed by atoms with Gasteiger partial charge in [-0.2, -0.15) is 0 Å². The maximum absolute atomic E-state index is 5.04. The molecule has 0 radical (unpaired) electrons. The molecule has 1 aliphatic rings. The van der Waals surface area contributed by atoms with E-state index in [0.717, 1.165) is 33.4 Å². The van der Waals surface area contributed by atoms with E-state index in [2.05, 4.69) is 140 Å². The zero-order chi connectivity index (χ0) is 37.0. The molecular weight excluding hydrogens is 679 g/mol. The molecule has 11 rings (SSSR count). The molecule has 1 heterocycles. The molecule has 1 aliphatic carbocycles. The Morgan fingerprint density at radius 1 is 0.232 bits per heavy atom. The Labute approximate surface area is 325 Å². The Kier molecular flexibility index (Phi) is 7.49. The smallest absolute Gasteiger partial charge is 0.164 e. The summed E-state index contributed by atoms with van der Waals surface area (Å²) in [5.74, 6) is 1.93. The molecule has 0 aliphatic heterocycles. The van der Waals surface area contributed by atoms with Crippen molar-refractivity contribution in [2.24, 2.45) is 0 Å². The minimum atomic E-state index is 0.637. The lowest BCUT2D eigenvalue weighted by atomic mass is 9.88. The molecule has 56 heavy (non-hydrogen) atoms. The Hall–Kier alpha value is -7.49. The molecule has 3 heteroatoms. The molecule has 0 N–H and O–H groups in total. The van der Waals surface area contributed by atoms with Crippen molar-refractivity contribution >= 4 is 21.5 Å². The van der Waals surface area contributed by atoms with Crippen molar-refractivity contribution < 1.29 is 0 Å². The van der Waals surface area contributed by atoms with E-state index in [1.54, 1.807) is 0 Å². The average Bonchev–Trinajstić information content (AvgIpc) is 3.61. The lowest BCUT2D eigenvalue weighted by molar-refractivity contribution is 1.07. The SMILES string of the molecule is c1ccc(-c2nc(-c3ccccc3)nc(-c3cccc(-c4cc5ccccc5cc4-c4cccc(-c5ccc6c7c(cccc57)-c5ccccc5-6)c4)c3)n2)cc1. The predicted octanol–water partition coefficient (Wildman–Crippen LogP) is 13.8. The Bertz CT molecular complexity index is 3040. The number of hydrogen-bond donors (Lipinski definition) is 0. The van der Waals surface area contributed by atoms with E-state index in [1.165, 1.54) is 60.5 Å². The number of aromatic nitrogens is 3. The molecule has 0 saturated heterocycles. The van der Waals surface area contributed by atoms with Crippen molar-refractivity contribution in [3.63, 3.8) is 0 Å². The van der Waals surface area contributed by atoms with Crippen LogP contribution in [0.5, 0.6) is 0 Å². The van der Waals surface area contributed by atoms with E-state index >= 15 is 0 Å². The summed E-state index contributed by atoms with van der Waals surface area (Å²) in [6.07, 6.45) is 0. The summed E-state index contributed by atoms with van der Waals surface area (Å²) in [5.41, 5.74) is 15.1. The molecule has 0 amide bonds. The highest BCUT2D eigenvalue weighted by molar-refractivity contribution is 6.18. The second-order valence-electron chi connectivity index (χ2n) is 14.4. The summed E-state index contributed by atoms with van der Waals surface area (Å²) in [4.78, 5) is 15.0. The zero-order valence-corrected chi connectivity index (χ0v) is 30.4. The maximum atomic E-state index is 5.04. The van der Waals surface area contributed by atoms with Crippen molar-refractivity contribution in [1.82, 2.24) is 15.0 Å². The van der Waals surface area contributed by atoms with Gasteiger partial charge in [0.2, 0.25) is 0 Å². The van der Waals surface area contributed by atoms with Gasteiger partial charge in [-0.05, 0) is 101 Å². The third-order valence-corrected chi connectivity index (χ3v) is 11.0. The van der Waals surface area contributed by atoms with Crippen molar-refractivity contribution in [2.45, 2.75) is 0 Å². The fourth-order valence-corrected chi connectivity index (χ4v) is 8.40. The molecule has 9 aromatic carbocycles. The van der Waals surface area contributed by atoms with Gasteiger partial charge in [-0.3, -0.25) is 0 Å².